The molecule has 7 heteroatoms. The Hall–Kier alpha value is -1.57. The van der Waals surface area contributed by atoms with Gasteiger partial charge in [0.15, 0.2) is 0 Å². The van der Waals surface area contributed by atoms with Crippen molar-refractivity contribution in [3.05, 3.63) is 40.1 Å². The van der Waals surface area contributed by atoms with Gasteiger partial charge in [0.25, 0.3) is 0 Å². The van der Waals surface area contributed by atoms with Gasteiger partial charge in [-0.1, -0.05) is 6.07 Å². The van der Waals surface area contributed by atoms with Gasteiger partial charge in [-0.05, 0) is 36.1 Å². The van der Waals surface area contributed by atoms with Gasteiger partial charge in [0, 0.05) is 16.3 Å². The number of thiophene rings is 1. The summed E-state index contributed by atoms with van der Waals surface area (Å²) in [6.45, 7) is 2.28. The van der Waals surface area contributed by atoms with Gasteiger partial charge in [-0.15, -0.1) is 11.3 Å². The minimum atomic E-state index is -3.70. The van der Waals surface area contributed by atoms with Crippen molar-refractivity contribution in [2.24, 2.45) is 5.14 Å². The Labute approximate surface area is 116 Å². The van der Waals surface area contributed by atoms with Crippen LogP contribution in [0.5, 0.6) is 0 Å². The van der Waals surface area contributed by atoms with E-state index in [4.69, 9.17) is 10.9 Å². The second-order valence-corrected chi connectivity index (χ2v) is 6.66. The molecule has 5 nitrogen and oxygen atoms in total. The minimum absolute atomic E-state index is 0.136. The van der Waals surface area contributed by atoms with E-state index in [1.54, 1.807) is 24.3 Å². The standard InChI is InChI=1S/C12H15N3O2S2/c1-8-10(3-2-4-12(8)19(14,16)17)15-7-11-9(13)5-6-18-11/h2-6,15H,7,13H2,1H3,(H2,14,16,17). The highest BCUT2D eigenvalue weighted by atomic mass is 32.2. The van der Waals surface area contributed by atoms with Gasteiger partial charge < -0.3 is 11.1 Å². The predicted octanol–water partition coefficient (Wildman–Crippen LogP) is 1.90. The first-order chi connectivity index (χ1) is 8.89. The highest BCUT2D eigenvalue weighted by molar-refractivity contribution is 7.89. The third kappa shape index (κ3) is 3.06. The van der Waals surface area contributed by atoms with E-state index in [2.05, 4.69) is 5.32 Å². The van der Waals surface area contributed by atoms with E-state index in [0.717, 1.165) is 16.3 Å². The molecule has 0 aliphatic heterocycles. The number of sulfonamides is 1. The smallest absolute Gasteiger partial charge is 0.238 e. The van der Waals surface area contributed by atoms with Crippen molar-refractivity contribution in [1.29, 1.82) is 0 Å². The van der Waals surface area contributed by atoms with Crippen LogP contribution >= 0.6 is 11.3 Å². The number of nitrogens with one attached hydrogen (secondary N) is 1. The predicted molar refractivity (Wildman–Crippen MR) is 78.6 cm³/mol. The number of primary sulfonamides is 1. The van der Waals surface area contributed by atoms with Crippen molar-refractivity contribution in [3.63, 3.8) is 0 Å². The van der Waals surface area contributed by atoms with Crippen LogP contribution in [0.1, 0.15) is 10.4 Å². The summed E-state index contributed by atoms with van der Waals surface area (Å²) in [6.07, 6.45) is 0. The molecule has 0 spiro atoms. The van der Waals surface area contributed by atoms with Crippen LogP contribution in [0.25, 0.3) is 0 Å². The minimum Gasteiger partial charge on any atom is -0.398 e. The number of hydrogen-bond acceptors (Lipinski definition) is 5. The van der Waals surface area contributed by atoms with Crippen LogP contribution < -0.4 is 16.2 Å². The molecule has 0 radical (unpaired) electrons. The number of benzene rings is 1. The third-order valence-corrected chi connectivity index (χ3v) is 4.80. The van der Waals surface area contributed by atoms with E-state index in [1.165, 1.54) is 6.07 Å². The summed E-state index contributed by atoms with van der Waals surface area (Å²) in [4.78, 5) is 1.15. The molecule has 1 aromatic carbocycles. The average molecular weight is 297 g/mol. The molecule has 1 aromatic heterocycles. The highest BCUT2D eigenvalue weighted by Gasteiger charge is 2.13. The van der Waals surface area contributed by atoms with E-state index in [9.17, 15) is 8.42 Å². The first-order valence-corrected chi connectivity index (χ1v) is 8.00. The number of hydrogen-bond donors (Lipinski definition) is 3. The molecule has 0 atom stereocenters. The van der Waals surface area contributed by atoms with E-state index >= 15 is 0 Å². The van der Waals surface area contributed by atoms with Crippen LogP contribution in [-0.4, -0.2) is 8.42 Å². The molecule has 0 unspecified atom stereocenters. The molecule has 19 heavy (non-hydrogen) atoms. The molecule has 2 aromatic rings. The number of nitrogens with two attached hydrogens (primary N) is 2. The molecule has 5 N–H and O–H groups in total. The normalized spacial score (nSPS) is 11.5. The van der Waals surface area contributed by atoms with Gasteiger partial charge in [-0.2, -0.15) is 0 Å². The summed E-state index contributed by atoms with van der Waals surface area (Å²) in [6, 6.07) is 6.81. The molecular formula is C12H15N3O2S2. The molecule has 0 amide bonds. The Morgan fingerprint density at radius 3 is 2.63 bits per heavy atom. The van der Waals surface area contributed by atoms with Crippen LogP contribution in [0.3, 0.4) is 0 Å². The fourth-order valence-corrected chi connectivity index (χ4v) is 3.33. The van der Waals surface area contributed by atoms with Crippen molar-refractivity contribution >= 4 is 32.7 Å². The van der Waals surface area contributed by atoms with Crippen LogP contribution in [0.2, 0.25) is 0 Å². The molecule has 0 saturated carbocycles. The molecule has 1 heterocycles. The largest absolute Gasteiger partial charge is 0.398 e. The quantitative estimate of drug-likeness (QED) is 0.802. The lowest BCUT2D eigenvalue weighted by Gasteiger charge is -2.12. The second kappa shape index (κ2) is 5.20. The van der Waals surface area contributed by atoms with Gasteiger partial charge in [0.1, 0.15) is 0 Å². The SMILES string of the molecule is Cc1c(NCc2sccc2N)cccc1S(N)(=O)=O. The van der Waals surface area contributed by atoms with E-state index in [1.807, 2.05) is 17.5 Å². The number of anilines is 2. The lowest BCUT2D eigenvalue weighted by Crippen LogP contribution is -2.14. The van der Waals surface area contributed by atoms with Gasteiger partial charge in [0.05, 0.1) is 11.4 Å². The molecular weight excluding hydrogens is 282 g/mol. The second-order valence-electron chi connectivity index (χ2n) is 4.13. The lowest BCUT2D eigenvalue weighted by atomic mass is 10.2. The van der Waals surface area contributed by atoms with Gasteiger partial charge in [-0.3, -0.25) is 0 Å². The van der Waals surface area contributed by atoms with Crippen LogP contribution in [0.15, 0.2) is 34.5 Å². The summed E-state index contributed by atoms with van der Waals surface area (Å²) < 4.78 is 22.9. The Morgan fingerprint density at radius 2 is 2.05 bits per heavy atom. The van der Waals surface area contributed by atoms with E-state index in [0.29, 0.717) is 12.1 Å². The van der Waals surface area contributed by atoms with Crippen LogP contribution in [0.4, 0.5) is 11.4 Å². The zero-order valence-electron chi connectivity index (χ0n) is 10.4. The Morgan fingerprint density at radius 1 is 1.32 bits per heavy atom. The van der Waals surface area contributed by atoms with Crippen LogP contribution in [0, 0.1) is 6.92 Å². The van der Waals surface area contributed by atoms with Crippen LogP contribution in [-0.2, 0) is 16.6 Å². The number of nitrogen functional groups attached to an aromatic ring is 1. The van der Waals surface area contributed by atoms with Crippen molar-refractivity contribution in [3.8, 4) is 0 Å². The molecule has 0 bridgehead atoms. The maximum atomic E-state index is 11.4. The van der Waals surface area contributed by atoms with Crippen molar-refractivity contribution in [2.75, 3.05) is 11.1 Å². The Balaban J connectivity index is 2.25. The summed E-state index contributed by atoms with van der Waals surface area (Å²) in [7, 11) is -3.70. The third-order valence-electron chi connectivity index (χ3n) is 2.81. The topological polar surface area (TPSA) is 98.2 Å². The monoisotopic (exact) mass is 297 g/mol. The van der Waals surface area contributed by atoms with Crippen molar-refractivity contribution in [2.45, 2.75) is 18.4 Å². The molecule has 0 fully saturated rings. The summed E-state index contributed by atoms with van der Waals surface area (Å²) in [5.74, 6) is 0. The fraction of sp³-hybridized carbons (Fsp3) is 0.167. The zero-order valence-corrected chi connectivity index (χ0v) is 12.0. The van der Waals surface area contributed by atoms with Crippen molar-refractivity contribution in [1.82, 2.24) is 0 Å². The maximum Gasteiger partial charge on any atom is 0.238 e. The first kappa shape index (κ1) is 13.9. The van der Waals surface area contributed by atoms with E-state index in [-0.39, 0.29) is 4.90 Å². The highest BCUT2D eigenvalue weighted by Crippen LogP contribution is 2.24. The van der Waals surface area contributed by atoms with Gasteiger partial charge in [-0.25, -0.2) is 13.6 Å². The molecule has 102 valence electrons. The van der Waals surface area contributed by atoms with Gasteiger partial charge >= 0.3 is 0 Å². The first-order valence-electron chi connectivity index (χ1n) is 5.57. The zero-order chi connectivity index (χ0) is 14.0. The Kier molecular flexibility index (Phi) is 3.79. The maximum absolute atomic E-state index is 11.4. The average Bonchev–Trinajstić information content (AvgIpc) is 2.72. The Bertz CT molecular complexity index is 693. The number of rotatable bonds is 4. The van der Waals surface area contributed by atoms with Crippen molar-refractivity contribution < 1.29 is 8.42 Å². The summed E-state index contributed by atoms with van der Waals surface area (Å²) in [5.41, 5.74) is 7.88. The fourth-order valence-electron chi connectivity index (χ4n) is 1.78. The summed E-state index contributed by atoms with van der Waals surface area (Å²) >= 11 is 1.55. The molecule has 0 aliphatic rings. The summed E-state index contributed by atoms with van der Waals surface area (Å²) in [5, 5.41) is 10.3. The van der Waals surface area contributed by atoms with Gasteiger partial charge in [0.2, 0.25) is 10.0 Å². The molecule has 0 aliphatic carbocycles. The lowest BCUT2D eigenvalue weighted by molar-refractivity contribution is 0.597. The molecule has 2 rings (SSSR count). The van der Waals surface area contributed by atoms with E-state index < -0.39 is 10.0 Å². The molecule has 0 saturated heterocycles.